The van der Waals surface area contributed by atoms with Gasteiger partial charge in [-0.05, 0) is 19.2 Å². The Morgan fingerprint density at radius 3 is 2.77 bits per heavy atom. The summed E-state index contributed by atoms with van der Waals surface area (Å²) in [5.74, 6) is -0.0146. The molecule has 0 radical (unpaired) electrons. The maximum absolute atomic E-state index is 10.9. The molecule has 0 aliphatic carbocycles. The zero-order chi connectivity index (χ0) is 15.7. The summed E-state index contributed by atoms with van der Waals surface area (Å²) in [4.78, 5) is 21.7. The molecular weight excluding hydrogens is 300 g/mol. The Morgan fingerprint density at radius 2 is 2.09 bits per heavy atom. The number of aromatic nitrogens is 3. The lowest BCUT2D eigenvalue weighted by molar-refractivity contribution is 0.0691. The average molecular weight is 316 g/mol. The normalized spacial score (nSPS) is 11.4. The zero-order valence-corrected chi connectivity index (χ0v) is 13.2. The summed E-state index contributed by atoms with van der Waals surface area (Å²) in [6.07, 6.45) is 0. The van der Waals surface area contributed by atoms with Gasteiger partial charge in [0, 0.05) is 12.4 Å². The number of carboxylic acids is 1. The summed E-state index contributed by atoms with van der Waals surface area (Å²) in [6.45, 7) is 1.27. The summed E-state index contributed by atoms with van der Waals surface area (Å²) in [6, 6.07) is 8.02. The van der Waals surface area contributed by atoms with Crippen LogP contribution in [0.1, 0.15) is 21.3 Å². The number of thiazole rings is 1. The summed E-state index contributed by atoms with van der Waals surface area (Å²) in [5, 5.41) is 11.3. The van der Waals surface area contributed by atoms with Crippen LogP contribution in [0.4, 0.5) is 0 Å². The Hall–Kier alpha value is -2.25. The predicted molar refractivity (Wildman–Crippen MR) is 85.0 cm³/mol. The van der Waals surface area contributed by atoms with Gasteiger partial charge in [0.05, 0.1) is 24.1 Å². The maximum atomic E-state index is 10.9. The van der Waals surface area contributed by atoms with Crippen LogP contribution in [0.2, 0.25) is 0 Å². The molecule has 22 heavy (non-hydrogen) atoms. The fraction of sp³-hybridized carbons (Fsp3) is 0.267. The quantitative estimate of drug-likeness (QED) is 0.782. The van der Waals surface area contributed by atoms with Gasteiger partial charge in [-0.2, -0.15) is 0 Å². The Labute approximate surface area is 131 Å². The van der Waals surface area contributed by atoms with Crippen LogP contribution in [0.15, 0.2) is 29.6 Å². The van der Waals surface area contributed by atoms with Crippen molar-refractivity contribution in [2.24, 2.45) is 7.05 Å². The van der Waals surface area contributed by atoms with E-state index in [0.29, 0.717) is 13.1 Å². The molecule has 2 heterocycles. The average Bonchev–Trinajstić information content (AvgIpc) is 3.06. The van der Waals surface area contributed by atoms with E-state index in [0.717, 1.165) is 21.9 Å². The Kier molecular flexibility index (Phi) is 3.91. The predicted octanol–water partition coefficient (Wildman–Crippen LogP) is 2.36. The molecule has 0 saturated carbocycles. The van der Waals surface area contributed by atoms with Crippen LogP contribution in [-0.4, -0.2) is 37.6 Å². The second-order valence-corrected chi connectivity index (χ2v) is 6.12. The topological polar surface area (TPSA) is 71.2 Å². The first-order valence-corrected chi connectivity index (χ1v) is 7.69. The van der Waals surface area contributed by atoms with Gasteiger partial charge in [0.1, 0.15) is 10.8 Å². The van der Waals surface area contributed by atoms with E-state index >= 15 is 0 Å². The highest BCUT2D eigenvalue weighted by Crippen LogP contribution is 2.17. The van der Waals surface area contributed by atoms with Crippen molar-refractivity contribution in [3.63, 3.8) is 0 Å². The number of imidazole rings is 1. The number of aromatic carboxylic acids is 1. The van der Waals surface area contributed by atoms with Crippen LogP contribution < -0.4 is 0 Å². The van der Waals surface area contributed by atoms with Crippen molar-refractivity contribution in [1.29, 1.82) is 0 Å². The number of carboxylic acid groups (broad SMARTS) is 1. The van der Waals surface area contributed by atoms with Crippen molar-refractivity contribution in [3.05, 3.63) is 46.2 Å². The number of nitrogens with zero attached hydrogens (tertiary/aromatic N) is 4. The molecule has 0 bridgehead atoms. The highest BCUT2D eigenvalue weighted by molar-refractivity contribution is 7.09. The van der Waals surface area contributed by atoms with E-state index in [2.05, 4.69) is 19.4 Å². The highest BCUT2D eigenvalue weighted by atomic mass is 32.1. The molecule has 0 unspecified atom stereocenters. The van der Waals surface area contributed by atoms with Gasteiger partial charge < -0.3 is 9.67 Å². The summed E-state index contributed by atoms with van der Waals surface area (Å²) in [5.41, 5.74) is 2.19. The van der Waals surface area contributed by atoms with Crippen molar-refractivity contribution in [1.82, 2.24) is 19.4 Å². The molecule has 0 spiro atoms. The number of rotatable bonds is 5. The molecule has 3 aromatic rings. The number of carbonyl (C=O) groups is 1. The molecule has 0 saturated heterocycles. The molecular formula is C15H16N4O2S. The molecule has 3 rings (SSSR count). The molecule has 1 aromatic carbocycles. The number of para-hydroxylation sites is 2. The van der Waals surface area contributed by atoms with Crippen LogP contribution in [0.5, 0.6) is 0 Å². The van der Waals surface area contributed by atoms with Gasteiger partial charge in [-0.25, -0.2) is 14.8 Å². The van der Waals surface area contributed by atoms with Gasteiger partial charge in [-0.3, -0.25) is 4.90 Å². The summed E-state index contributed by atoms with van der Waals surface area (Å²) >= 11 is 1.37. The Morgan fingerprint density at radius 1 is 1.32 bits per heavy atom. The third-order valence-electron chi connectivity index (χ3n) is 3.47. The first kappa shape index (κ1) is 14.7. The molecule has 0 fully saturated rings. The molecule has 7 heteroatoms. The smallest absolute Gasteiger partial charge is 0.355 e. The first-order chi connectivity index (χ1) is 10.5. The lowest BCUT2D eigenvalue weighted by Crippen LogP contribution is -2.19. The number of hydrogen-bond acceptors (Lipinski definition) is 5. The van der Waals surface area contributed by atoms with Gasteiger partial charge in [0.15, 0.2) is 5.69 Å². The van der Waals surface area contributed by atoms with E-state index in [1.54, 1.807) is 5.38 Å². The molecule has 2 aromatic heterocycles. The van der Waals surface area contributed by atoms with Crippen molar-refractivity contribution >= 4 is 28.3 Å². The molecule has 114 valence electrons. The third-order valence-corrected chi connectivity index (χ3v) is 4.30. The minimum Gasteiger partial charge on any atom is -0.476 e. The first-order valence-electron chi connectivity index (χ1n) is 6.81. The van der Waals surface area contributed by atoms with Crippen LogP contribution in [0.3, 0.4) is 0 Å². The largest absolute Gasteiger partial charge is 0.476 e. The van der Waals surface area contributed by atoms with Gasteiger partial charge in [0.2, 0.25) is 0 Å². The minimum absolute atomic E-state index is 0.108. The number of aryl methyl sites for hydroxylation is 1. The molecule has 0 atom stereocenters. The minimum atomic E-state index is -0.986. The van der Waals surface area contributed by atoms with Crippen LogP contribution in [0, 0.1) is 0 Å². The lowest BCUT2D eigenvalue weighted by atomic mass is 10.3. The van der Waals surface area contributed by atoms with Crippen LogP contribution in [-0.2, 0) is 20.1 Å². The number of benzene rings is 1. The lowest BCUT2D eigenvalue weighted by Gasteiger charge is -2.14. The molecule has 0 aliphatic rings. The monoisotopic (exact) mass is 316 g/mol. The molecule has 0 aliphatic heterocycles. The highest BCUT2D eigenvalue weighted by Gasteiger charge is 2.13. The number of fused-ring (bicyclic) bond motifs is 1. The fourth-order valence-electron chi connectivity index (χ4n) is 2.35. The Balaban J connectivity index is 1.73. The second-order valence-electron chi connectivity index (χ2n) is 5.18. The van der Waals surface area contributed by atoms with E-state index in [4.69, 9.17) is 5.11 Å². The van der Waals surface area contributed by atoms with E-state index in [9.17, 15) is 4.79 Å². The van der Waals surface area contributed by atoms with Gasteiger partial charge in [0.25, 0.3) is 0 Å². The second kappa shape index (κ2) is 5.86. The molecule has 6 nitrogen and oxygen atoms in total. The summed E-state index contributed by atoms with van der Waals surface area (Å²) in [7, 11) is 3.98. The zero-order valence-electron chi connectivity index (χ0n) is 12.4. The van der Waals surface area contributed by atoms with Crippen molar-refractivity contribution in [3.8, 4) is 0 Å². The standard InChI is InChI=1S/C15H16N4O2S/c1-18(8-14-17-11(9-22-14)15(20)21)7-13-16-10-5-3-4-6-12(10)19(13)2/h3-6,9H,7-8H2,1-2H3,(H,20,21). The van der Waals surface area contributed by atoms with Crippen molar-refractivity contribution in [2.45, 2.75) is 13.1 Å². The van der Waals surface area contributed by atoms with Gasteiger partial charge in [-0.1, -0.05) is 12.1 Å². The van der Waals surface area contributed by atoms with Crippen LogP contribution >= 0.6 is 11.3 Å². The maximum Gasteiger partial charge on any atom is 0.355 e. The van der Waals surface area contributed by atoms with Gasteiger partial charge in [-0.15, -0.1) is 11.3 Å². The fourth-order valence-corrected chi connectivity index (χ4v) is 3.19. The Bertz CT molecular complexity index is 824. The van der Waals surface area contributed by atoms with E-state index < -0.39 is 5.97 Å². The molecule has 0 amide bonds. The van der Waals surface area contributed by atoms with Crippen molar-refractivity contribution in [2.75, 3.05) is 7.05 Å². The summed E-state index contributed by atoms with van der Waals surface area (Å²) < 4.78 is 2.08. The number of hydrogen-bond donors (Lipinski definition) is 1. The van der Waals surface area contributed by atoms with E-state index in [1.165, 1.54) is 11.3 Å². The van der Waals surface area contributed by atoms with Gasteiger partial charge >= 0.3 is 5.97 Å². The molecule has 1 N–H and O–H groups in total. The van der Waals surface area contributed by atoms with E-state index in [-0.39, 0.29) is 5.69 Å². The van der Waals surface area contributed by atoms with Crippen molar-refractivity contribution < 1.29 is 9.90 Å². The van der Waals surface area contributed by atoms with Crippen LogP contribution in [0.25, 0.3) is 11.0 Å². The SMILES string of the molecule is CN(Cc1nc(C(=O)O)cs1)Cc1nc2ccccc2n1C. The third kappa shape index (κ3) is 2.86. The van der Waals surface area contributed by atoms with E-state index in [1.807, 2.05) is 38.4 Å².